The van der Waals surface area contributed by atoms with Gasteiger partial charge in [-0.25, -0.2) is 0 Å². The molecule has 0 aromatic carbocycles. The molecule has 0 aliphatic heterocycles. The maximum absolute atomic E-state index is 10.7. The molecular formula is C3H4F6O3S. The molecule has 1 N–H and O–H groups in total. The Bertz CT molecular complexity index is 229. The molecule has 0 heterocycles. The zero-order valence-electron chi connectivity index (χ0n) is 5.94. The van der Waals surface area contributed by atoms with E-state index in [1.165, 1.54) is 0 Å². The van der Waals surface area contributed by atoms with Gasteiger partial charge in [-0.05, 0) is 0 Å². The second-order valence-electron chi connectivity index (χ2n) is 1.70. The molecule has 0 aliphatic carbocycles. The summed E-state index contributed by atoms with van der Waals surface area (Å²) in [4.78, 5) is 0. The second kappa shape index (κ2) is 4.13. The van der Waals surface area contributed by atoms with Gasteiger partial charge >= 0.3 is 21.8 Å². The summed E-state index contributed by atoms with van der Waals surface area (Å²) in [6, 6.07) is 0. The van der Waals surface area contributed by atoms with Gasteiger partial charge in [0.05, 0.1) is 0 Å². The summed E-state index contributed by atoms with van der Waals surface area (Å²) < 4.78 is 88.6. The average molecular weight is 234 g/mol. The fourth-order valence-electron chi connectivity index (χ4n) is 0. The maximum atomic E-state index is 10.7. The van der Waals surface area contributed by atoms with Crippen molar-refractivity contribution in [3.05, 3.63) is 0 Å². The Morgan fingerprint density at radius 2 is 1.08 bits per heavy atom. The van der Waals surface area contributed by atoms with Crippen molar-refractivity contribution >= 4 is 10.1 Å². The Labute approximate surface area is 69.1 Å². The standard InChI is InChI=1S/C2H3F3.CHF3O3S/c1-2(3,4)5;2-1(3,4)8(5,6)7/h1H3;(H,5,6,7). The first-order chi connectivity index (χ1) is 5.25. The normalized spacial score (nSPS) is 13.2. The summed E-state index contributed by atoms with van der Waals surface area (Å²) >= 11 is 0. The minimum absolute atomic E-state index is 0.188. The molecule has 0 aromatic rings. The van der Waals surface area contributed by atoms with Crippen LogP contribution in [0.4, 0.5) is 26.3 Å². The van der Waals surface area contributed by atoms with Gasteiger partial charge in [0.2, 0.25) is 0 Å². The highest BCUT2D eigenvalue weighted by Crippen LogP contribution is 2.20. The Morgan fingerprint density at radius 1 is 1.00 bits per heavy atom. The molecule has 82 valence electrons. The molecule has 0 saturated carbocycles. The summed E-state index contributed by atoms with van der Waals surface area (Å²) in [5, 5.41) is 0. The zero-order valence-corrected chi connectivity index (χ0v) is 6.76. The van der Waals surface area contributed by atoms with Crippen molar-refractivity contribution in [2.24, 2.45) is 0 Å². The molecule has 3 nitrogen and oxygen atoms in total. The van der Waals surface area contributed by atoms with E-state index in [2.05, 4.69) is 0 Å². The highest BCUT2D eigenvalue weighted by atomic mass is 32.2. The number of alkyl halides is 6. The first-order valence-electron chi connectivity index (χ1n) is 2.35. The van der Waals surface area contributed by atoms with Crippen LogP contribution in [-0.4, -0.2) is 24.7 Å². The molecule has 0 spiro atoms. The van der Waals surface area contributed by atoms with E-state index in [9.17, 15) is 26.3 Å². The van der Waals surface area contributed by atoms with Gasteiger partial charge in [-0.2, -0.15) is 34.8 Å². The summed E-state index contributed by atoms with van der Waals surface area (Å²) in [5.74, 6) is 0. The van der Waals surface area contributed by atoms with Crippen molar-refractivity contribution in [2.75, 3.05) is 0 Å². The third-order valence-corrected chi connectivity index (χ3v) is 0.877. The molecule has 0 atom stereocenters. The molecule has 0 aromatic heterocycles. The SMILES string of the molecule is CC(F)(F)F.O=S(=O)(O)C(F)(F)F. The molecule has 10 heteroatoms. The van der Waals surface area contributed by atoms with Gasteiger partial charge in [-0.3, -0.25) is 4.55 Å². The van der Waals surface area contributed by atoms with E-state index in [0.29, 0.717) is 0 Å². The van der Waals surface area contributed by atoms with Gasteiger partial charge < -0.3 is 0 Å². The van der Waals surface area contributed by atoms with E-state index in [1.807, 2.05) is 0 Å². The fourth-order valence-corrected chi connectivity index (χ4v) is 0. The fraction of sp³-hybridized carbons (Fsp3) is 1.00. The van der Waals surface area contributed by atoms with E-state index in [0.717, 1.165) is 0 Å². The number of hydrogen-bond donors (Lipinski definition) is 1. The predicted molar refractivity (Wildman–Crippen MR) is 29.3 cm³/mol. The third kappa shape index (κ3) is 14.4. The van der Waals surface area contributed by atoms with Crippen molar-refractivity contribution in [1.29, 1.82) is 0 Å². The molecule has 0 radical (unpaired) electrons. The summed E-state index contributed by atoms with van der Waals surface area (Å²) in [7, 11) is -5.84. The monoisotopic (exact) mass is 234 g/mol. The molecule has 0 amide bonds. The quantitative estimate of drug-likeness (QED) is 0.396. The smallest absolute Gasteiger partial charge is 0.279 e. The lowest BCUT2D eigenvalue weighted by molar-refractivity contribution is -0.110. The van der Waals surface area contributed by atoms with E-state index in [1.54, 1.807) is 0 Å². The highest BCUT2D eigenvalue weighted by Gasteiger charge is 2.44. The second-order valence-corrected chi connectivity index (χ2v) is 3.12. The average Bonchev–Trinajstić information content (AvgIpc) is 1.50. The van der Waals surface area contributed by atoms with Gasteiger partial charge in [-0.1, -0.05) is 0 Å². The Balaban J connectivity index is 0. The van der Waals surface area contributed by atoms with Crippen molar-refractivity contribution in [1.82, 2.24) is 0 Å². The minimum Gasteiger partial charge on any atom is -0.279 e. The summed E-state index contributed by atoms with van der Waals surface area (Å²) in [6.45, 7) is 0.188. The number of rotatable bonds is 0. The lowest BCUT2D eigenvalue weighted by atomic mass is 10.8. The lowest BCUT2D eigenvalue weighted by Crippen LogP contribution is -2.21. The van der Waals surface area contributed by atoms with E-state index < -0.39 is 21.8 Å². The van der Waals surface area contributed by atoms with Gasteiger partial charge in [0.25, 0.3) is 0 Å². The van der Waals surface area contributed by atoms with E-state index >= 15 is 0 Å². The molecule has 0 bridgehead atoms. The van der Waals surface area contributed by atoms with Crippen LogP contribution in [0, 0.1) is 0 Å². The third-order valence-electron chi connectivity index (χ3n) is 0.292. The first-order valence-corrected chi connectivity index (χ1v) is 3.79. The number of hydrogen-bond acceptors (Lipinski definition) is 2. The van der Waals surface area contributed by atoms with Crippen LogP contribution in [0.5, 0.6) is 0 Å². The molecular weight excluding hydrogens is 230 g/mol. The Kier molecular flexibility index (Phi) is 4.76. The molecule has 0 rings (SSSR count). The molecule has 13 heavy (non-hydrogen) atoms. The zero-order chi connectivity index (χ0) is 11.5. The van der Waals surface area contributed by atoms with E-state index in [-0.39, 0.29) is 6.92 Å². The van der Waals surface area contributed by atoms with E-state index in [4.69, 9.17) is 13.0 Å². The summed E-state index contributed by atoms with van der Waals surface area (Å²) in [5.41, 5.74) is -5.53. The van der Waals surface area contributed by atoms with Crippen LogP contribution in [0.3, 0.4) is 0 Å². The van der Waals surface area contributed by atoms with Crippen molar-refractivity contribution in [3.8, 4) is 0 Å². The van der Waals surface area contributed by atoms with Gasteiger partial charge in [-0.15, -0.1) is 0 Å². The van der Waals surface area contributed by atoms with Crippen LogP contribution in [0.2, 0.25) is 0 Å². The molecule has 0 aliphatic rings. The van der Waals surface area contributed by atoms with Crippen LogP contribution < -0.4 is 0 Å². The van der Waals surface area contributed by atoms with Gasteiger partial charge in [0.1, 0.15) is 0 Å². The van der Waals surface area contributed by atoms with Crippen LogP contribution in [-0.2, 0) is 10.1 Å². The molecule has 0 saturated heterocycles. The molecule has 0 fully saturated rings. The Hall–Kier alpha value is -0.510. The minimum atomic E-state index is -5.84. The van der Waals surface area contributed by atoms with Crippen molar-refractivity contribution in [3.63, 3.8) is 0 Å². The predicted octanol–water partition coefficient (Wildman–Crippen LogP) is 1.96. The number of halogens is 6. The van der Waals surface area contributed by atoms with Crippen LogP contribution in [0.1, 0.15) is 6.92 Å². The van der Waals surface area contributed by atoms with Gasteiger partial charge in [0, 0.05) is 6.92 Å². The van der Waals surface area contributed by atoms with Crippen LogP contribution in [0.15, 0.2) is 0 Å². The largest absolute Gasteiger partial charge is 0.522 e. The molecule has 0 unspecified atom stereocenters. The van der Waals surface area contributed by atoms with Crippen molar-refractivity contribution < 1.29 is 39.3 Å². The summed E-state index contributed by atoms with van der Waals surface area (Å²) in [6.07, 6.45) is -4.00. The van der Waals surface area contributed by atoms with Crippen LogP contribution >= 0.6 is 0 Å². The van der Waals surface area contributed by atoms with Crippen molar-refractivity contribution in [2.45, 2.75) is 18.6 Å². The maximum Gasteiger partial charge on any atom is 0.522 e. The topological polar surface area (TPSA) is 54.4 Å². The Morgan fingerprint density at radius 3 is 1.08 bits per heavy atom. The van der Waals surface area contributed by atoms with Crippen LogP contribution in [0.25, 0.3) is 0 Å². The highest BCUT2D eigenvalue weighted by molar-refractivity contribution is 7.86. The lowest BCUT2D eigenvalue weighted by Gasteiger charge is -1.97. The first kappa shape index (κ1) is 15.0. The van der Waals surface area contributed by atoms with Gasteiger partial charge in [0.15, 0.2) is 0 Å².